The van der Waals surface area contributed by atoms with E-state index in [0.717, 1.165) is 44.9 Å². The molecule has 3 heterocycles. The summed E-state index contributed by atoms with van der Waals surface area (Å²) in [6.45, 7) is 1.89. The summed E-state index contributed by atoms with van der Waals surface area (Å²) in [7, 11) is 0. The summed E-state index contributed by atoms with van der Waals surface area (Å²) < 4.78 is 1.84. The average molecular weight is 326 g/mol. The highest BCUT2D eigenvalue weighted by Crippen LogP contribution is 2.37. The second-order valence-corrected chi connectivity index (χ2v) is 6.11. The molecule has 0 radical (unpaired) electrons. The molecule has 2 aromatic heterocycles. The van der Waals surface area contributed by atoms with Crippen molar-refractivity contribution < 1.29 is 5.11 Å². The average Bonchev–Trinajstić information content (AvgIpc) is 3.00. The third kappa shape index (κ3) is 1.99. The highest BCUT2D eigenvalue weighted by atomic mass is 16.3. The zero-order chi connectivity index (χ0) is 17.0. The molecular weight excluding hydrogens is 312 g/mol. The van der Waals surface area contributed by atoms with Gasteiger partial charge in [0.2, 0.25) is 0 Å². The number of hydrogen-bond acceptors (Lipinski definition) is 4. The van der Waals surface area contributed by atoms with E-state index in [-0.39, 0.29) is 5.75 Å². The number of aromatic nitrogens is 3. The van der Waals surface area contributed by atoms with Gasteiger partial charge in [0.05, 0.1) is 11.4 Å². The van der Waals surface area contributed by atoms with E-state index >= 15 is 0 Å². The molecule has 5 heteroatoms. The second kappa shape index (κ2) is 5.01. The van der Waals surface area contributed by atoms with Crippen LogP contribution >= 0.6 is 0 Å². The molecule has 4 aromatic rings. The number of rotatable bonds is 1. The summed E-state index contributed by atoms with van der Waals surface area (Å²) in [5, 5.41) is 14.2. The second-order valence-electron chi connectivity index (χ2n) is 6.11. The van der Waals surface area contributed by atoms with E-state index in [2.05, 4.69) is 10.1 Å². The predicted molar refractivity (Wildman–Crippen MR) is 96.6 cm³/mol. The number of aliphatic imine (C=N–C) groups is 1. The molecule has 1 aliphatic heterocycles. The van der Waals surface area contributed by atoms with Gasteiger partial charge in [0.1, 0.15) is 23.3 Å². The van der Waals surface area contributed by atoms with Crippen molar-refractivity contribution >= 4 is 16.9 Å². The van der Waals surface area contributed by atoms with Gasteiger partial charge in [-0.2, -0.15) is 5.10 Å². The molecule has 5 rings (SSSR count). The molecule has 25 heavy (non-hydrogen) atoms. The number of fused-ring (bicyclic) bond motifs is 2. The SMILES string of the molecule is Cc1cc(C2=Nc3ccccc3-c3ncnn4ccc2c34)ccc1O. The summed E-state index contributed by atoms with van der Waals surface area (Å²) >= 11 is 0. The van der Waals surface area contributed by atoms with E-state index in [4.69, 9.17) is 4.99 Å². The maximum Gasteiger partial charge on any atom is 0.137 e. The number of aromatic hydroxyl groups is 1. The lowest BCUT2D eigenvalue weighted by atomic mass is 10.0. The summed E-state index contributed by atoms with van der Waals surface area (Å²) in [5.41, 5.74) is 7.29. The Balaban J connectivity index is 1.90. The molecule has 0 saturated carbocycles. The monoisotopic (exact) mass is 326 g/mol. The van der Waals surface area contributed by atoms with Gasteiger partial charge in [-0.05, 0) is 42.8 Å². The van der Waals surface area contributed by atoms with Gasteiger partial charge in [0.15, 0.2) is 0 Å². The van der Waals surface area contributed by atoms with Crippen molar-refractivity contribution in [3.8, 4) is 17.0 Å². The third-order valence-electron chi connectivity index (χ3n) is 4.57. The first kappa shape index (κ1) is 13.9. The molecule has 0 saturated heterocycles. The minimum atomic E-state index is 0.282. The Morgan fingerprint density at radius 3 is 2.76 bits per heavy atom. The van der Waals surface area contributed by atoms with Crippen LogP contribution in [0.3, 0.4) is 0 Å². The van der Waals surface area contributed by atoms with Crippen LogP contribution in [0.1, 0.15) is 16.7 Å². The topological polar surface area (TPSA) is 62.8 Å². The molecule has 2 aromatic carbocycles. The fourth-order valence-corrected chi connectivity index (χ4v) is 3.32. The van der Waals surface area contributed by atoms with Crippen molar-refractivity contribution in [3.63, 3.8) is 0 Å². The van der Waals surface area contributed by atoms with Gasteiger partial charge in [-0.15, -0.1) is 0 Å². The number of aryl methyl sites for hydroxylation is 1. The van der Waals surface area contributed by atoms with Gasteiger partial charge in [-0.25, -0.2) is 14.5 Å². The van der Waals surface area contributed by atoms with Crippen LogP contribution in [0.15, 0.2) is 66.0 Å². The van der Waals surface area contributed by atoms with Crippen LogP contribution in [-0.4, -0.2) is 25.4 Å². The Kier molecular flexibility index (Phi) is 2.79. The number of nitrogens with zero attached hydrogens (tertiary/aromatic N) is 4. The maximum atomic E-state index is 9.86. The Labute approximate surface area is 143 Å². The minimum absolute atomic E-state index is 0.282. The van der Waals surface area contributed by atoms with E-state index in [1.807, 2.05) is 60.1 Å². The minimum Gasteiger partial charge on any atom is -0.508 e. The van der Waals surface area contributed by atoms with Crippen LogP contribution in [0.5, 0.6) is 5.75 Å². The summed E-state index contributed by atoms with van der Waals surface area (Å²) in [5.74, 6) is 0.282. The zero-order valence-electron chi connectivity index (χ0n) is 13.5. The molecule has 5 nitrogen and oxygen atoms in total. The first-order valence-electron chi connectivity index (χ1n) is 8.03. The Morgan fingerprint density at radius 1 is 1.00 bits per heavy atom. The largest absolute Gasteiger partial charge is 0.508 e. The van der Waals surface area contributed by atoms with Gasteiger partial charge in [-0.3, -0.25) is 0 Å². The normalized spacial score (nSPS) is 12.6. The van der Waals surface area contributed by atoms with Crippen molar-refractivity contribution in [1.29, 1.82) is 0 Å². The number of para-hydroxylation sites is 1. The van der Waals surface area contributed by atoms with Crippen LogP contribution in [0.25, 0.3) is 16.8 Å². The molecule has 0 amide bonds. The highest BCUT2D eigenvalue weighted by Gasteiger charge is 2.22. The van der Waals surface area contributed by atoms with Crippen LogP contribution in [0.4, 0.5) is 5.69 Å². The lowest BCUT2D eigenvalue weighted by Crippen LogP contribution is -2.03. The van der Waals surface area contributed by atoms with Gasteiger partial charge in [0.25, 0.3) is 0 Å². The predicted octanol–water partition coefficient (Wildman–Crippen LogP) is 3.89. The molecule has 120 valence electrons. The van der Waals surface area contributed by atoms with Crippen LogP contribution < -0.4 is 0 Å². The molecular formula is C20H14N4O. The first-order valence-corrected chi connectivity index (χ1v) is 8.03. The first-order chi connectivity index (χ1) is 12.2. The number of phenols is 1. The fourth-order valence-electron chi connectivity index (χ4n) is 3.32. The van der Waals surface area contributed by atoms with Crippen molar-refractivity contribution in [2.24, 2.45) is 4.99 Å². The van der Waals surface area contributed by atoms with Crippen molar-refractivity contribution in [3.05, 3.63) is 77.7 Å². The third-order valence-corrected chi connectivity index (χ3v) is 4.57. The van der Waals surface area contributed by atoms with Crippen molar-refractivity contribution in [2.45, 2.75) is 6.92 Å². The summed E-state index contributed by atoms with van der Waals surface area (Å²) in [4.78, 5) is 9.47. The number of phenolic OH excluding ortho intramolecular Hbond substituents is 1. The van der Waals surface area contributed by atoms with E-state index in [1.54, 1.807) is 12.4 Å². The molecule has 0 bridgehead atoms. The van der Waals surface area contributed by atoms with Gasteiger partial charge >= 0.3 is 0 Å². The molecule has 1 N–H and O–H groups in total. The number of benzene rings is 2. The fraction of sp³-hybridized carbons (Fsp3) is 0.0500. The van der Waals surface area contributed by atoms with Gasteiger partial charge in [0, 0.05) is 22.9 Å². The molecule has 0 aliphatic carbocycles. The van der Waals surface area contributed by atoms with E-state index in [1.165, 1.54) is 0 Å². The smallest absolute Gasteiger partial charge is 0.137 e. The van der Waals surface area contributed by atoms with Crippen LogP contribution in [0, 0.1) is 6.92 Å². The van der Waals surface area contributed by atoms with E-state index < -0.39 is 0 Å². The lowest BCUT2D eigenvalue weighted by Gasteiger charge is -2.07. The standard InChI is InChI=1S/C20H14N4O/c1-12-10-13(6-7-17(12)25)18-15-8-9-24-20(15)19(21-11-22-24)14-4-2-3-5-16(14)23-18/h2-11,25H,1H3. The Bertz CT molecular complexity index is 1170. The highest BCUT2D eigenvalue weighted by molar-refractivity contribution is 6.20. The van der Waals surface area contributed by atoms with Crippen molar-refractivity contribution in [1.82, 2.24) is 14.6 Å². The van der Waals surface area contributed by atoms with Crippen LogP contribution in [0.2, 0.25) is 0 Å². The molecule has 0 spiro atoms. The maximum absolute atomic E-state index is 9.86. The zero-order valence-corrected chi connectivity index (χ0v) is 13.5. The van der Waals surface area contributed by atoms with Gasteiger partial charge in [-0.1, -0.05) is 18.2 Å². The Hall–Kier alpha value is -3.47. The molecule has 1 aliphatic rings. The van der Waals surface area contributed by atoms with Crippen LogP contribution in [-0.2, 0) is 0 Å². The van der Waals surface area contributed by atoms with Crippen molar-refractivity contribution in [2.75, 3.05) is 0 Å². The summed E-state index contributed by atoms with van der Waals surface area (Å²) in [6, 6.07) is 15.6. The molecule has 0 unspecified atom stereocenters. The quantitative estimate of drug-likeness (QED) is 0.508. The molecule has 0 fully saturated rings. The molecule has 0 atom stereocenters. The number of hydrogen-bond donors (Lipinski definition) is 1. The van der Waals surface area contributed by atoms with E-state index in [0.29, 0.717) is 0 Å². The summed E-state index contributed by atoms with van der Waals surface area (Å²) in [6.07, 6.45) is 3.49. The lowest BCUT2D eigenvalue weighted by molar-refractivity contribution is 0.471. The Morgan fingerprint density at radius 2 is 1.88 bits per heavy atom. The van der Waals surface area contributed by atoms with E-state index in [9.17, 15) is 5.11 Å². The van der Waals surface area contributed by atoms with Gasteiger partial charge < -0.3 is 5.11 Å².